The highest BCUT2D eigenvalue weighted by Gasteiger charge is 2.54. The molecule has 0 fully saturated rings. The molecule has 5 aromatic carbocycles. The molecule has 0 saturated heterocycles. The Morgan fingerprint density at radius 3 is 2.07 bits per heavy atom. The molecule has 2 aliphatic heterocycles. The van der Waals surface area contributed by atoms with Crippen LogP contribution in [0.4, 0.5) is 22.7 Å². The van der Waals surface area contributed by atoms with E-state index in [1.165, 1.54) is 9.98 Å². The Morgan fingerprint density at radius 1 is 0.762 bits per heavy atom. The number of halogens is 1. The Hall–Kier alpha value is -4.74. The molecule has 0 amide bonds. The molecule has 7 rings (SSSR count). The summed E-state index contributed by atoms with van der Waals surface area (Å²) in [5.74, 6) is 0.843. The maximum absolute atomic E-state index is 13.9. The molecule has 0 unspecified atom stereocenters. The number of hydrogen-bond acceptors (Lipinski definition) is 5. The van der Waals surface area contributed by atoms with Crippen LogP contribution >= 0.6 is 11.8 Å². The Bertz CT molecular complexity index is 1740. The predicted molar refractivity (Wildman–Crippen MR) is 167 cm³/mol. The van der Waals surface area contributed by atoms with Gasteiger partial charge in [-0.2, -0.15) is 0 Å². The van der Waals surface area contributed by atoms with Gasteiger partial charge in [-0.1, -0.05) is 80.1 Å². The van der Waals surface area contributed by atoms with Crippen molar-refractivity contribution < 1.29 is 14.3 Å². The van der Waals surface area contributed by atoms with Gasteiger partial charge in [0, 0.05) is 39.8 Å². The van der Waals surface area contributed by atoms with Crippen molar-refractivity contribution in [2.24, 2.45) is 0 Å². The number of nitrogens with zero attached hydrogens (tertiary/aromatic N) is 1. The highest BCUT2D eigenvalue weighted by atomic mass is 35.5. The third-order valence-electron chi connectivity index (χ3n) is 7.96. The van der Waals surface area contributed by atoms with Crippen molar-refractivity contribution in [2.45, 2.75) is 31.8 Å². The normalized spacial score (nSPS) is 13.9. The smallest absolute Gasteiger partial charge is 0.342 e. The van der Waals surface area contributed by atoms with Crippen LogP contribution in [0.25, 0.3) is 0 Å². The van der Waals surface area contributed by atoms with E-state index in [1.54, 1.807) is 0 Å². The molecule has 0 aliphatic carbocycles. The van der Waals surface area contributed by atoms with Crippen LogP contribution in [0.2, 0.25) is 0 Å². The molecule has 0 radical (unpaired) electrons. The van der Waals surface area contributed by atoms with Crippen LogP contribution < -0.4 is 14.5 Å². The Balaban J connectivity index is 1.43. The summed E-state index contributed by atoms with van der Waals surface area (Å²) in [7, 11) is 0. The van der Waals surface area contributed by atoms with E-state index in [9.17, 15) is 4.79 Å². The molecule has 0 atom stereocenters. The van der Waals surface area contributed by atoms with Gasteiger partial charge in [-0.15, -0.1) is 0 Å². The molecule has 0 bridgehead atoms. The number of hydrogen-bond donors (Lipinski definition) is 1. The van der Waals surface area contributed by atoms with Crippen LogP contribution in [0.3, 0.4) is 0 Å². The first-order valence-corrected chi connectivity index (χ1v) is 14.6. The van der Waals surface area contributed by atoms with Crippen LogP contribution in [0.5, 0.6) is 11.5 Å². The molecule has 2 aliphatic rings. The summed E-state index contributed by atoms with van der Waals surface area (Å²) in [6.45, 7) is 2.20. The van der Waals surface area contributed by atoms with Crippen LogP contribution in [0.15, 0.2) is 115 Å². The summed E-state index contributed by atoms with van der Waals surface area (Å²) < 4.78 is 14.3. The van der Waals surface area contributed by atoms with Gasteiger partial charge < -0.3 is 14.8 Å². The summed E-state index contributed by atoms with van der Waals surface area (Å²) in [5.41, 5.74) is 5.74. The van der Waals surface area contributed by atoms with Gasteiger partial charge >= 0.3 is 5.97 Å². The van der Waals surface area contributed by atoms with E-state index >= 15 is 0 Å². The molecule has 5 aromatic rings. The van der Waals surface area contributed by atoms with Crippen LogP contribution in [-0.4, -0.2) is 5.97 Å². The lowest BCUT2D eigenvalue weighted by molar-refractivity contribution is 0.0225. The summed E-state index contributed by atoms with van der Waals surface area (Å²) in [6.07, 6.45) is 3.38. The summed E-state index contributed by atoms with van der Waals surface area (Å²) in [6, 6.07) is 37.4. The van der Waals surface area contributed by atoms with E-state index in [0.717, 1.165) is 47.5 Å². The SMILES string of the molecule is CCCCc1ccc(Nc2cc(N(Cl)c3ccccc3)c3c(c2)C2(OC3=O)c3ccccc3Oc3ccccc32)cc1. The molecule has 5 nitrogen and oxygen atoms in total. The molecule has 0 aromatic heterocycles. The second kappa shape index (κ2) is 10.6. The zero-order valence-corrected chi connectivity index (χ0v) is 23.9. The van der Waals surface area contributed by atoms with Gasteiger partial charge in [0.1, 0.15) is 11.5 Å². The first-order valence-electron chi connectivity index (χ1n) is 14.2. The lowest BCUT2D eigenvalue weighted by Gasteiger charge is -2.36. The number of anilines is 4. The standard InChI is InChI=1S/C36H29ClN2O3/c1-2-3-11-24-18-20-25(21-19-24)38-26-22-30-34(31(23-26)39(37)27-12-5-4-6-13-27)35(40)42-36(30)28-14-7-9-16-32(28)41-33-17-10-8-15-29(33)36/h4-10,12-23,38H,2-3,11H2,1H3. The van der Waals surface area contributed by atoms with Gasteiger partial charge in [0.2, 0.25) is 0 Å². The van der Waals surface area contributed by atoms with Crippen molar-refractivity contribution >= 4 is 40.5 Å². The second-order valence-corrected chi connectivity index (χ2v) is 11.0. The Labute approximate surface area is 250 Å². The maximum Gasteiger partial charge on any atom is 0.342 e. The second-order valence-electron chi connectivity index (χ2n) is 10.6. The minimum Gasteiger partial charge on any atom is -0.456 e. The van der Waals surface area contributed by atoms with E-state index in [1.807, 2.05) is 91.0 Å². The number of nitrogens with one attached hydrogen (secondary N) is 1. The van der Waals surface area contributed by atoms with Crippen molar-refractivity contribution in [1.29, 1.82) is 0 Å². The number of carbonyl (C=O) groups is 1. The quantitative estimate of drug-likeness (QED) is 0.155. The van der Waals surface area contributed by atoms with E-state index in [4.69, 9.17) is 21.3 Å². The van der Waals surface area contributed by atoms with Crippen molar-refractivity contribution in [1.82, 2.24) is 0 Å². The number of esters is 1. The lowest BCUT2D eigenvalue weighted by Crippen LogP contribution is -2.33. The van der Waals surface area contributed by atoms with Crippen molar-refractivity contribution in [2.75, 3.05) is 9.74 Å². The molecule has 208 valence electrons. The number of unbranched alkanes of at least 4 members (excludes halogenated alkanes) is 1. The molecular weight excluding hydrogens is 544 g/mol. The van der Waals surface area contributed by atoms with Gasteiger partial charge in [0.05, 0.1) is 16.9 Å². The maximum atomic E-state index is 13.9. The van der Waals surface area contributed by atoms with Gasteiger partial charge in [-0.05, 0) is 66.9 Å². The average Bonchev–Trinajstić information content (AvgIpc) is 3.32. The number of aryl methyl sites for hydroxylation is 1. The van der Waals surface area contributed by atoms with Gasteiger partial charge in [0.25, 0.3) is 0 Å². The highest BCUT2D eigenvalue weighted by Crippen LogP contribution is 2.58. The third kappa shape index (κ3) is 4.29. The fourth-order valence-electron chi connectivity index (χ4n) is 5.95. The number of para-hydroxylation sites is 3. The molecule has 0 saturated carbocycles. The number of carbonyl (C=O) groups excluding carboxylic acids is 1. The molecule has 6 heteroatoms. The summed E-state index contributed by atoms with van der Waals surface area (Å²) >= 11 is 7.03. The fourth-order valence-corrected chi connectivity index (χ4v) is 6.19. The molecule has 2 heterocycles. The van der Waals surface area contributed by atoms with Crippen molar-refractivity contribution in [3.05, 3.63) is 143 Å². The minimum absolute atomic E-state index is 0.417. The predicted octanol–water partition coefficient (Wildman–Crippen LogP) is 9.63. The average molecular weight is 573 g/mol. The number of benzene rings is 5. The highest BCUT2D eigenvalue weighted by molar-refractivity contribution is 6.31. The zero-order chi connectivity index (χ0) is 28.7. The van der Waals surface area contributed by atoms with E-state index in [2.05, 4.69) is 36.5 Å². The van der Waals surface area contributed by atoms with E-state index in [0.29, 0.717) is 28.3 Å². The lowest BCUT2D eigenvalue weighted by atomic mass is 9.77. The zero-order valence-electron chi connectivity index (χ0n) is 23.1. The van der Waals surface area contributed by atoms with Crippen molar-refractivity contribution in [3.8, 4) is 11.5 Å². The third-order valence-corrected chi connectivity index (χ3v) is 8.33. The summed E-state index contributed by atoms with van der Waals surface area (Å²) in [5, 5.41) is 3.57. The van der Waals surface area contributed by atoms with E-state index < -0.39 is 11.6 Å². The number of ether oxygens (including phenoxy) is 2. The van der Waals surface area contributed by atoms with Crippen LogP contribution in [0, 0.1) is 0 Å². The van der Waals surface area contributed by atoms with Gasteiger partial charge in [-0.25, -0.2) is 4.79 Å². The van der Waals surface area contributed by atoms with E-state index in [-0.39, 0.29) is 0 Å². The monoisotopic (exact) mass is 572 g/mol. The topological polar surface area (TPSA) is 50.8 Å². The Morgan fingerprint density at radius 2 is 1.40 bits per heavy atom. The fraction of sp³-hybridized carbons (Fsp3) is 0.139. The summed E-state index contributed by atoms with van der Waals surface area (Å²) in [4.78, 5) is 13.9. The van der Waals surface area contributed by atoms with Crippen LogP contribution in [-0.2, 0) is 16.8 Å². The van der Waals surface area contributed by atoms with Gasteiger partial charge in [0.15, 0.2) is 5.60 Å². The number of fused-ring (bicyclic) bond motifs is 6. The largest absolute Gasteiger partial charge is 0.456 e. The van der Waals surface area contributed by atoms with Crippen LogP contribution in [0.1, 0.15) is 52.4 Å². The van der Waals surface area contributed by atoms with Crippen molar-refractivity contribution in [3.63, 3.8) is 0 Å². The molecule has 42 heavy (non-hydrogen) atoms. The molecule has 1 spiro atoms. The first kappa shape index (κ1) is 26.2. The first-order chi connectivity index (χ1) is 20.6. The number of rotatable bonds is 7. The Kier molecular flexibility index (Phi) is 6.60. The molecular formula is C36H29ClN2O3. The molecule has 1 N–H and O–H groups in total. The minimum atomic E-state index is -1.21. The van der Waals surface area contributed by atoms with Gasteiger partial charge in [-0.3, -0.25) is 4.42 Å².